The van der Waals surface area contributed by atoms with E-state index in [1.165, 1.54) is 0 Å². The van der Waals surface area contributed by atoms with Gasteiger partial charge in [-0.1, -0.05) is 54.6 Å². The Morgan fingerprint density at radius 3 is 2.54 bits per heavy atom. The van der Waals surface area contributed by atoms with Gasteiger partial charge in [-0.2, -0.15) is 0 Å². The first-order chi connectivity index (χ1) is 18.2. The maximum Gasteiger partial charge on any atom is 0.224 e. The Balaban J connectivity index is 1.32. The molecule has 0 aliphatic carbocycles. The smallest absolute Gasteiger partial charge is 0.224 e. The molecule has 180 valence electrons. The highest BCUT2D eigenvalue weighted by Gasteiger charge is 2.15. The summed E-state index contributed by atoms with van der Waals surface area (Å²) in [6.07, 6.45) is 5.97. The molecule has 6 aromatic rings. The van der Waals surface area contributed by atoms with Crippen molar-refractivity contribution in [1.29, 1.82) is 0 Å². The number of rotatable bonds is 6. The predicted molar refractivity (Wildman–Crippen MR) is 142 cm³/mol. The molecule has 2 aromatic carbocycles. The number of aromatic nitrogens is 5. The maximum atomic E-state index is 12.3. The number of fused-ring (bicyclic) bond motifs is 3. The van der Waals surface area contributed by atoms with E-state index in [2.05, 4.69) is 50.8 Å². The third kappa shape index (κ3) is 4.54. The van der Waals surface area contributed by atoms with E-state index in [0.717, 1.165) is 55.9 Å². The molecule has 37 heavy (non-hydrogen) atoms. The van der Waals surface area contributed by atoms with Crippen LogP contribution in [0, 0.1) is 6.92 Å². The Kier molecular flexibility index (Phi) is 5.86. The molecule has 7 heteroatoms. The minimum atomic E-state index is -0.0127. The summed E-state index contributed by atoms with van der Waals surface area (Å²) < 4.78 is 1.98. The summed E-state index contributed by atoms with van der Waals surface area (Å²) >= 11 is 0. The number of amides is 1. The van der Waals surface area contributed by atoms with Crippen LogP contribution in [0.25, 0.3) is 38.9 Å². The fraction of sp³-hybridized carbons (Fsp3) is 0.100. The molecule has 2 N–H and O–H groups in total. The van der Waals surface area contributed by atoms with E-state index in [1.807, 2.05) is 78.4 Å². The fourth-order valence-corrected chi connectivity index (χ4v) is 4.54. The summed E-state index contributed by atoms with van der Waals surface area (Å²) in [4.78, 5) is 20.4. The van der Waals surface area contributed by atoms with Gasteiger partial charge in [0.05, 0.1) is 17.6 Å². The summed E-state index contributed by atoms with van der Waals surface area (Å²) in [5.41, 5.74) is 7.66. The predicted octanol–water partition coefficient (Wildman–Crippen LogP) is 4.59. The summed E-state index contributed by atoms with van der Waals surface area (Å²) in [7, 11) is 0. The number of nitrogens with zero attached hydrogens (tertiary/aromatic N) is 4. The number of H-pyrrole nitrogens is 1. The quantitative estimate of drug-likeness (QED) is 0.374. The van der Waals surface area contributed by atoms with Gasteiger partial charge in [0.2, 0.25) is 5.91 Å². The molecule has 0 radical (unpaired) electrons. The van der Waals surface area contributed by atoms with Crippen LogP contribution in [0.3, 0.4) is 0 Å². The maximum absolute atomic E-state index is 12.3. The average Bonchev–Trinajstić information content (AvgIpc) is 3.33. The second kappa shape index (κ2) is 9.62. The molecule has 1 amide bonds. The van der Waals surface area contributed by atoms with Crippen molar-refractivity contribution in [3.63, 3.8) is 0 Å². The Bertz CT molecular complexity index is 1710. The molecule has 0 atom stereocenters. The van der Waals surface area contributed by atoms with Gasteiger partial charge in [-0.15, -0.1) is 10.2 Å². The zero-order valence-electron chi connectivity index (χ0n) is 20.3. The van der Waals surface area contributed by atoms with Crippen LogP contribution in [-0.4, -0.2) is 25.5 Å². The standard InChI is InChI=1S/C30H24N6O/c1-20-34-35-30-26-17-25(23-7-3-2-4-8-23)29(33-27(26)13-15-36(20)30)24-11-9-21(10-12-24)19-32-28(37)16-22-6-5-14-31-18-22/h2-15,17-18H,16,19H2,1H3,(H,32,37)/p+1. The zero-order chi connectivity index (χ0) is 25.2. The molecule has 0 spiro atoms. The Labute approximate surface area is 213 Å². The molecule has 0 bridgehead atoms. The van der Waals surface area contributed by atoms with Gasteiger partial charge < -0.3 is 5.32 Å². The van der Waals surface area contributed by atoms with Gasteiger partial charge in [-0.05, 0) is 36.2 Å². The highest BCUT2D eigenvalue weighted by atomic mass is 16.1. The molecule has 0 fully saturated rings. The highest BCUT2D eigenvalue weighted by molar-refractivity contribution is 5.98. The van der Waals surface area contributed by atoms with E-state index in [4.69, 9.17) is 4.98 Å². The lowest BCUT2D eigenvalue weighted by molar-refractivity contribution is -0.378. The number of carbonyl (C=O) groups is 1. The number of hydrogen-bond donors (Lipinski definition) is 1. The molecular formula is C30H25N6O+. The highest BCUT2D eigenvalue weighted by Crippen LogP contribution is 2.34. The normalized spacial score (nSPS) is 11.2. The van der Waals surface area contributed by atoms with Crippen molar-refractivity contribution < 1.29 is 9.78 Å². The third-order valence-corrected chi connectivity index (χ3v) is 6.48. The van der Waals surface area contributed by atoms with Gasteiger partial charge in [-0.25, -0.2) is 9.97 Å². The third-order valence-electron chi connectivity index (χ3n) is 6.48. The van der Waals surface area contributed by atoms with Crippen LogP contribution in [0.2, 0.25) is 0 Å². The Hall–Kier alpha value is -4.91. The first-order valence-corrected chi connectivity index (χ1v) is 12.2. The van der Waals surface area contributed by atoms with E-state index in [-0.39, 0.29) is 5.91 Å². The first-order valence-electron chi connectivity index (χ1n) is 12.2. The van der Waals surface area contributed by atoms with E-state index < -0.39 is 0 Å². The number of hydrogen-bond acceptors (Lipinski definition) is 4. The topological polar surface area (TPSA) is 86.3 Å². The van der Waals surface area contributed by atoms with Gasteiger partial charge in [0.1, 0.15) is 5.82 Å². The van der Waals surface area contributed by atoms with Crippen molar-refractivity contribution >= 4 is 22.5 Å². The van der Waals surface area contributed by atoms with Crippen molar-refractivity contribution in [3.05, 3.63) is 114 Å². The van der Waals surface area contributed by atoms with E-state index >= 15 is 0 Å². The van der Waals surface area contributed by atoms with Crippen LogP contribution in [0.5, 0.6) is 0 Å². The van der Waals surface area contributed by atoms with Crippen LogP contribution in [0.1, 0.15) is 17.0 Å². The lowest BCUT2D eigenvalue weighted by Gasteiger charge is -2.13. The van der Waals surface area contributed by atoms with Crippen molar-refractivity contribution in [1.82, 2.24) is 24.9 Å². The monoisotopic (exact) mass is 485 g/mol. The number of pyridine rings is 3. The molecule has 6 rings (SSSR count). The fourth-order valence-electron chi connectivity index (χ4n) is 4.54. The molecule has 4 heterocycles. The lowest BCUT2D eigenvalue weighted by atomic mass is 9.97. The minimum absolute atomic E-state index is 0.0127. The summed E-state index contributed by atoms with van der Waals surface area (Å²) in [6.45, 7) is 2.41. The average molecular weight is 486 g/mol. The van der Waals surface area contributed by atoms with Gasteiger partial charge >= 0.3 is 0 Å². The molecule has 0 unspecified atom stereocenters. The van der Waals surface area contributed by atoms with Gasteiger partial charge in [0.25, 0.3) is 0 Å². The van der Waals surface area contributed by atoms with Gasteiger partial charge in [-0.3, -0.25) is 9.20 Å². The van der Waals surface area contributed by atoms with Crippen LogP contribution in [0.15, 0.2) is 97.5 Å². The molecule has 0 aliphatic rings. The van der Waals surface area contributed by atoms with Crippen LogP contribution in [0.4, 0.5) is 0 Å². The summed E-state index contributed by atoms with van der Waals surface area (Å²) in [5.74, 6) is 0.827. The van der Waals surface area contributed by atoms with E-state index in [9.17, 15) is 4.79 Å². The molecule has 0 saturated carbocycles. The molecule has 0 saturated heterocycles. The molecule has 0 aliphatic heterocycles. The van der Waals surface area contributed by atoms with E-state index in [1.54, 1.807) is 0 Å². The van der Waals surface area contributed by atoms with Crippen LogP contribution in [-0.2, 0) is 17.8 Å². The van der Waals surface area contributed by atoms with Gasteiger partial charge in [0, 0.05) is 40.9 Å². The number of aryl methyl sites for hydroxylation is 1. The second-order valence-electron chi connectivity index (χ2n) is 9.00. The largest absolute Gasteiger partial charge is 0.352 e. The number of benzene rings is 2. The number of aromatic amines is 1. The molecule has 4 aromatic heterocycles. The van der Waals surface area contributed by atoms with Crippen LogP contribution >= 0.6 is 0 Å². The Morgan fingerprint density at radius 2 is 1.76 bits per heavy atom. The number of nitrogens with one attached hydrogen (secondary N) is 2. The second-order valence-corrected chi connectivity index (χ2v) is 9.00. The zero-order valence-corrected chi connectivity index (χ0v) is 20.3. The first kappa shape index (κ1) is 22.5. The summed E-state index contributed by atoms with van der Waals surface area (Å²) in [5, 5.41) is 12.6. The molecular weight excluding hydrogens is 460 g/mol. The van der Waals surface area contributed by atoms with Crippen molar-refractivity contribution in [3.8, 4) is 22.4 Å². The Morgan fingerprint density at radius 1 is 0.919 bits per heavy atom. The van der Waals surface area contributed by atoms with Gasteiger partial charge in [0.15, 0.2) is 18.0 Å². The molecule has 7 nitrogen and oxygen atoms in total. The van der Waals surface area contributed by atoms with Crippen molar-refractivity contribution in [2.75, 3.05) is 0 Å². The summed E-state index contributed by atoms with van der Waals surface area (Å²) in [6, 6.07) is 26.5. The van der Waals surface area contributed by atoms with Crippen molar-refractivity contribution in [2.24, 2.45) is 0 Å². The minimum Gasteiger partial charge on any atom is -0.352 e. The SMILES string of the molecule is Cc1nnc2c3cc(-c4ccccc4)c(-c4ccc(CNC(=O)Cc5ccc[nH+]c5)cc4)nc3ccn12. The lowest BCUT2D eigenvalue weighted by Crippen LogP contribution is -2.25. The van der Waals surface area contributed by atoms with Crippen molar-refractivity contribution in [2.45, 2.75) is 19.9 Å². The van der Waals surface area contributed by atoms with Crippen LogP contribution < -0.4 is 10.3 Å². The number of carbonyl (C=O) groups excluding carboxylic acids is 1. The van der Waals surface area contributed by atoms with E-state index in [0.29, 0.717) is 13.0 Å².